The Morgan fingerprint density at radius 3 is 2.42 bits per heavy atom. The van der Waals surface area contributed by atoms with Crippen molar-refractivity contribution in [2.45, 2.75) is 18.7 Å². The molecule has 2 aromatic carbocycles. The first-order valence-corrected chi connectivity index (χ1v) is 9.37. The molecule has 2 aromatic rings. The summed E-state index contributed by atoms with van der Waals surface area (Å²) in [7, 11) is -3.50. The van der Waals surface area contributed by atoms with Crippen LogP contribution in [0, 0.1) is 11.3 Å². The van der Waals surface area contributed by atoms with Crippen LogP contribution in [0.4, 0.5) is 0 Å². The summed E-state index contributed by atoms with van der Waals surface area (Å²) in [4.78, 5) is 0. The second-order valence-electron chi connectivity index (χ2n) is 5.53. The van der Waals surface area contributed by atoms with Crippen molar-refractivity contribution in [2.24, 2.45) is 5.73 Å². The summed E-state index contributed by atoms with van der Waals surface area (Å²) in [5.74, 6) is -0.125. The third-order valence-corrected chi connectivity index (χ3v) is 5.41. The maximum atomic E-state index is 12.8. The molecule has 0 fully saturated rings. The summed E-state index contributed by atoms with van der Waals surface area (Å²) in [6.45, 7) is 1.14. The quantitative estimate of drug-likeness (QED) is 0.796. The van der Waals surface area contributed by atoms with Gasteiger partial charge in [-0.05, 0) is 36.2 Å². The maximum absolute atomic E-state index is 12.8. The molecule has 0 spiro atoms. The maximum Gasteiger partial charge on any atom is 0.218 e. The van der Waals surface area contributed by atoms with Gasteiger partial charge in [-0.1, -0.05) is 42.5 Å². The third kappa shape index (κ3) is 5.17. The van der Waals surface area contributed by atoms with Crippen molar-refractivity contribution in [1.29, 1.82) is 5.26 Å². The molecule has 0 aliphatic carbocycles. The SMILES string of the molecule is N#Cc1cccc(CS(=O)(=O)N(CCCN)Cc2ccccc2)c1. The molecule has 0 amide bonds. The summed E-state index contributed by atoms with van der Waals surface area (Å²) >= 11 is 0. The van der Waals surface area contributed by atoms with Crippen LogP contribution in [0.1, 0.15) is 23.1 Å². The Labute approximate surface area is 143 Å². The van der Waals surface area contributed by atoms with E-state index >= 15 is 0 Å². The molecule has 0 saturated heterocycles. The summed E-state index contributed by atoms with van der Waals surface area (Å²) in [5.41, 5.74) is 7.55. The minimum Gasteiger partial charge on any atom is -0.330 e. The number of hydrogen-bond donors (Lipinski definition) is 1. The second kappa shape index (κ2) is 8.60. The zero-order valence-electron chi connectivity index (χ0n) is 13.4. The van der Waals surface area contributed by atoms with Gasteiger partial charge in [0.25, 0.3) is 0 Å². The standard InChI is InChI=1S/C18H21N3O2S/c19-10-5-11-21(14-16-6-2-1-3-7-16)24(22,23)15-18-9-4-8-17(12-18)13-20/h1-4,6-9,12H,5,10-11,14-15,19H2. The first-order chi connectivity index (χ1) is 11.5. The van der Waals surface area contributed by atoms with Gasteiger partial charge < -0.3 is 5.73 Å². The molecule has 6 heteroatoms. The van der Waals surface area contributed by atoms with E-state index in [0.717, 1.165) is 5.56 Å². The molecule has 126 valence electrons. The number of rotatable bonds is 8. The molecule has 2 rings (SSSR count). The van der Waals surface area contributed by atoms with Gasteiger partial charge in [0.2, 0.25) is 10.0 Å². The van der Waals surface area contributed by atoms with Gasteiger partial charge in [0.05, 0.1) is 17.4 Å². The Morgan fingerprint density at radius 2 is 1.75 bits per heavy atom. The Morgan fingerprint density at radius 1 is 1.04 bits per heavy atom. The predicted molar refractivity (Wildman–Crippen MR) is 94.3 cm³/mol. The van der Waals surface area contributed by atoms with Crippen LogP contribution < -0.4 is 5.73 Å². The van der Waals surface area contributed by atoms with E-state index < -0.39 is 10.0 Å². The molecule has 2 N–H and O–H groups in total. The first kappa shape index (κ1) is 18.1. The van der Waals surface area contributed by atoms with Gasteiger partial charge in [0.1, 0.15) is 0 Å². The molecule has 0 saturated carbocycles. The van der Waals surface area contributed by atoms with Gasteiger partial charge in [0, 0.05) is 13.1 Å². The van der Waals surface area contributed by atoms with Crippen LogP contribution in [-0.2, 0) is 22.3 Å². The van der Waals surface area contributed by atoms with Gasteiger partial charge in [-0.25, -0.2) is 8.42 Å². The van der Waals surface area contributed by atoms with Crippen LogP contribution in [0.2, 0.25) is 0 Å². The average molecular weight is 343 g/mol. The van der Waals surface area contributed by atoms with E-state index in [1.165, 1.54) is 4.31 Å². The fourth-order valence-electron chi connectivity index (χ4n) is 2.40. The van der Waals surface area contributed by atoms with E-state index in [4.69, 9.17) is 11.0 Å². The Kier molecular flexibility index (Phi) is 6.50. The zero-order valence-corrected chi connectivity index (χ0v) is 14.2. The van der Waals surface area contributed by atoms with E-state index in [9.17, 15) is 8.42 Å². The van der Waals surface area contributed by atoms with Crippen molar-refractivity contribution in [3.63, 3.8) is 0 Å². The second-order valence-corrected chi connectivity index (χ2v) is 7.50. The van der Waals surface area contributed by atoms with Crippen molar-refractivity contribution in [1.82, 2.24) is 4.31 Å². The fraction of sp³-hybridized carbons (Fsp3) is 0.278. The van der Waals surface area contributed by atoms with Crippen LogP contribution in [0.3, 0.4) is 0 Å². The topological polar surface area (TPSA) is 87.2 Å². The lowest BCUT2D eigenvalue weighted by molar-refractivity contribution is 0.401. The van der Waals surface area contributed by atoms with Crippen molar-refractivity contribution in [3.05, 3.63) is 71.3 Å². The molecule has 0 aliphatic rings. The zero-order chi connectivity index (χ0) is 17.4. The van der Waals surface area contributed by atoms with E-state index in [1.54, 1.807) is 24.3 Å². The van der Waals surface area contributed by atoms with Crippen molar-refractivity contribution < 1.29 is 8.42 Å². The fourth-order valence-corrected chi connectivity index (χ4v) is 3.94. The molecule has 0 atom stereocenters. The highest BCUT2D eigenvalue weighted by molar-refractivity contribution is 7.88. The van der Waals surface area contributed by atoms with Crippen molar-refractivity contribution in [2.75, 3.05) is 13.1 Å². The molecule has 0 radical (unpaired) electrons. The number of nitriles is 1. The van der Waals surface area contributed by atoms with Gasteiger partial charge in [-0.15, -0.1) is 0 Å². The van der Waals surface area contributed by atoms with Crippen LogP contribution >= 0.6 is 0 Å². The van der Waals surface area contributed by atoms with Gasteiger partial charge in [0.15, 0.2) is 0 Å². The Hall–Kier alpha value is -2.20. The highest BCUT2D eigenvalue weighted by Crippen LogP contribution is 2.16. The highest BCUT2D eigenvalue weighted by atomic mass is 32.2. The van der Waals surface area contributed by atoms with Gasteiger partial charge in [-0.3, -0.25) is 0 Å². The summed E-state index contributed by atoms with van der Waals surface area (Å²) < 4.78 is 27.1. The number of sulfonamides is 1. The van der Waals surface area contributed by atoms with Crippen molar-refractivity contribution >= 4 is 10.0 Å². The molecule has 0 bridgehead atoms. The minimum atomic E-state index is -3.50. The number of nitrogens with two attached hydrogens (primary N) is 1. The number of hydrogen-bond acceptors (Lipinski definition) is 4. The molecule has 0 unspecified atom stereocenters. The van der Waals surface area contributed by atoms with Crippen LogP contribution in [-0.4, -0.2) is 25.8 Å². The van der Waals surface area contributed by atoms with E-state index in [-0.39, 0.29) is 5.75 Å². The molecule has 5 nitrogen and oxygen atoms in total. The van der Waals surface area contributed by atoms with E-state index in [1.807, 2.05) is 36.4 Å². The largest absolute Gasteiger partial charge is 0.330 e. The van der Waals surface area contributed by atoms with Crippen LogP contribution in [0.25, 0.3) is 0 Å². The lowest BCUT2D eigenvalue weighted by atomic mass is 10.2. The lowest BCUT2D eigenvalue weighted by Gasteiger charge is -2.22. The highest BCUT2D eigenvalue weighted by Gasteiger charge is 2.22. The van der Waals surface area contributed by atoms with Gasteiger partial charge >= 0.3 is 0 Å². The smallest absolute Gasteiger partial charge is 0.218 e. The molecule has 0 aromatic heterocycles. The molecule has 0 heterocycles. The molecule has 0 aliphatic heterocycles. The lowest BCUT2D eigenvalue weighted by Crippen LogP contribution is -2.33. The molecular formula is C18H21N3O2S. The Balaban J connectivity index is 2.20. The van der Waals surface area contributed by atoms with Crippen LogP contribution in [0.15, 0.2) is 54.6 Å². The Bertz CT molecular complexity index is 799. The van der Waals surface area contributed by atoms with Crippen molar-refractivity contribution in [3.8, 4) is 6.07 Å². The summed E-state index contributed by atoms with van der Waals surface area (Å²) in [6.07, 6.45) is 0.601. The molecule has 24 heavy (non-hydrogen) atoms. The first-order valence-electron chi connectivity index (χ1n) is 7.76. The third-order valence-electron chi connectivity index (χ3n) is 3.61. The molecular weight excluding hydrogens is 322 g/mol. The normalized spacial score (nSPS) is 11.4. The van der Waals surface area contributed by atoms with Gasteiger partial charge in [-0.2, -0.15) is 9.57 Å². The summed E-state index contributed by atoms with van der Waals surface area (Å²) in [5, 5.41) is 8.96. The van der Waals surface area contributed by atoms with Crippen LogP contribution in [0.5, 0.6) is 0 Å². The van der Waals surface area contributed by atoms with E-state index in [2.05, 4.69) is 0 Å². The van der Waals surface area contributed by atoms with E-state index in [0.29, 0.717) is 37.2 Å². The summed E-state index contributed by atoms with van der Waals surface area (Å²) in [6, 6.07) is 18.2. The number of nitrogens with zero attached hydrogens (tertiary/aromatic N) is 2. The monoisotopic (exact) mass is 343 g/mol. The number of benzene rings is 2. The average Bonchev–Trinajstić information content (AvgIpc) is 2.59. The predicted octanol–water partition coefficient (Wildman–Crippen LogP) is 2.24. The minimum absolute atomic E-state index is 0.125.